The number of hydrogen-bond donors (Lipinski definition) is 0. The maximum Gasteiger partial charge on any atom is 0.306 e. The molecule has 0 N–H and O–H groups in total. The van der Waals surface area contributed by atoms with E-state index < -0.39 is 6.10 Å². The van der Waals surface area contributed by atoms with Crippen LogP contribution >= 0.6 is 0 Å². The van der Waals surface area contributed by atoms with Crippen LogP contribution in [0.4, 0.5) is 0 Å². The maximum absolute atomic E-state index is 12.8. The molecule has 64 heavy (non-hydrogen) atoms. The van der Waals surface area contributed by atoms with Gasteiger partial charge in [0.05, 0.1) is 0 Å². The van der Waals surface area contributed by atoms with Gasteiger partial charge in [0.25, 0.3) is 0 Å². The minimum absolute atomic E-state index is 0.0949. The number of allylic oxidation sites excluding steroid dienone is 12. The molecular weight excluding hydrogens is 793 g/mol. The molecule has 0 fully saturated rings. The molecule has 368 valence electrons. The Morgan fingerprint density at radius 1 is 0.328 bits per heavy atom. The second-order valence-electron chi connectivity index (χ2n) is 17.8. The highest BCUT2D eigenvalue weighted by molar-refractivity contribution is 5.71. The molecule has 0 saturated heterocycles. The van der Waals surface area contributed by atoms with E-state index in [1.165, 1.54) is 109 Å². The van der Waals surface area contributed by atoms with E-state index in [2.05, 4.69) is 93.7 Å². The Kier molecular flexibility index (Phi) is 49.9. The van der Waals surface area contributed by atoms with Crippen molar-refractivity contribution in [1.82, 2.24) is 0 Å². The van der Waals surface area contributed by atoms with Gasteiger partial charge in [0, 0.05) is 19.3 Å². The average molecular weight is 893 g/mol. The van der Waals surface area contributed by atoms with Crippen LogP contribution in [0.5, 0.6) is 0 Å². The predicted octanol–water partition coefficient (Wildman–Crippen LogP) is 17.8. The third kappa shape index (κ3) is 49.9. The lowest BCUT2D eigenvalue weighted by Crippen LogP contribution is -2.30. The van der Waals surface area contributed by atoms with Crippen LogP contribution in [-0.4, -0.2) is 37.2 Å². The van der Waals surface area contributed by atoms with Crippen LogP contribution in [0, 0.1) is 0 Å². The van der Waals surface area contributed by atoms with Crippen LogP contribution in [0.1, 0.15) is 258 Å². The Labute approximate surface area is 395 Å². The summed E-state index contributed by atoms with van der Waals surface area (Å²) in [6, 6.07) is 0. The summed E-state index contributed by atoms with van der Waals surface area (Å²) in [5.41, 5.74) is 0. The summed E-state index contributed by atoms with van der Waals surface area (Å²) in [6.07, 6.45) is 66.0. The molecule has 0 bridgehead atoms. The summed E-state index contributed by atoms with van der Waals surface area (Å²) in [4.78, 5) is 38.0. The monoisotopic (exact) mass is 893 g/mol. The van der Waals surface area contributed by atoms with Crippen LogP contribution in [0.25, 0.3) is 0 Å². The van der Waals surface area contributed by atoms with Gasteiger partial charge in [-0.05, 0) is 89.9 Å². The summed E-state index contributed by atoms with van der Waals surface area (Å²) < 4.78 is 16.8. The first-order valence-corrected chi connectivity index (χ1v) is 26.9. The van der Waals surface area contributed by atoms with E-state index in [0.717, 1.165) is 103 Å². The minimum Gasteiger partial charge on any atom is -0.462 e. The molecule has 1 atom stereocenters. The first-order valence-electron chi connectivity index (χ1n) is 26.9. The smallest absolute Gasteiger partial charge is 0.306 e. The molecule has 0 spiro atoms. The third-order valence-electron chi connectivity index (χ3n) is 11.4. The highest BCUT2D eigenvalue weighted by Gasteiger charge is 2.19. The van der Waals surface area contributed by atoms with Gasteiger partial charge in [-0.2, -0.15) is 0 Å². The molecule has 0 heterocycles. The summed E-state index contributed by atoms with van der Waals surface area (Å²) in [7, 11) is 0. The first kappa shape index (κ1) is 60.9. The fourth-order valence-electron chi connectivity index (χ4n) is 7.40. The van der Waals surface area contributed by atoms with E-state index in [1.54, 1.807) is 0 Å². The van der Waals surface area contributed by atoms with Crippen LogP contribution in [0.3, 0.4) is 0 Å². The van der Waals surface area contributed by atoms with Crippen molar-refractivity contribution in [2.24, 2.45) is 0 Å². The second-order valence-corrected chi connectivity index (χ2v) is 17.8. The average Bonchev–Trinajstić information content (AvgIpc) is 3.29. The molecule has 0 saturated carbocycles. The zero-order valence-electron chi connectivity index (χ0n) is 42.0. The van der Waals surface area contributed by atoms with Crippen LogP contribution < -0.4 is 0 Å². The lowest BCUT2D eigenvalue weighted by Gasteiger charge is -2.18. The molecular formula is C58H100O6. The van der Waals surface area contributed by atoms with E-state index >= 15 is 0 Å². The molecule has 0 aliphatic carbocycles. The van der Waals surface area contributed by atoms with E-state index in [9.17, 15) is 14.4 Å². The van der Waals surface area contributed by atoms with Crippen LogP contribution in [-0.2, 0) is 28.6 Å². The van der Waals surface area contributed by atoms with Gasteiger partial charge in [0.1, 0.15) is 13.2 Å². The zero-order chi connectivity index (χ0) is 46.5. The Morgan fingerprint density at radius 3 is 1.02 bits per heavy atom. The maximum atomic E-state index is 12.8. The molecule has 0 aromatic rings. The molecule has 6 nitrogen and oxygen atoms in total. The molecule has 0 amide bonds. The van der Waals surface area contributed by atoms with E-state index in [-0.39, 0.29) is 37.5 Å². The highest BCUT2D eigenvalue weighted by Crippen LogP contribution is 2.15. The molecule has 6 heteroatoms. The number of carbonyl (C=O) groups excluding carboxylic acids is 3. The number of carbonyl (C=O) groups is 3. The standard InChI is InChI=1S/C58H100O6/c1-4-7-10-13-16-19-22-25-28-31-33-36-39-42-45-48-51-57(60)63-54-55(64-58(61)52-49-46-43-40-37-34-30-27-24-21-18-15-12-9-6-3)53-62-56(59)50-47-44-41-38-35-32-29-26-23-20-17-14-11-8-5-2/h9,12,17-18,20-21,26-27,29-30,37,40,55H,4-8,10-11,13-16,19,22-25,28,31-36,38-39,41-54H2,1-3H3/b12-9-,20-17-,21-18-,29-26-,30-27-,40-37-/t55-/m1/s1. The third-order valence-corrected chi connectivity index (χ3v) is 11.4. The molecule has 0 aromatic carbocycles. The van der Waals surface area contributed by atoms with Crippen molar-refractivity contribution in [3.63, 3.8) is 0 Å². The number of rotatable bonds is 48. The van der Waals surface area contributed by atoms with Gasteiger partial charge in [-0.25, -0.2) is 0 Å². The zero-order valence-corrected chi connectivity index (χ0v) is 42.0. The summed E-state index contributed by atoms with van der Waals surface area (Å²) >= 11 is 0. The molecule has 0 radical (unpaired) electrons. The van der Waals surface area contributed by atoms with Crippen molar-refractivity contribution in [2.45, 2.75) is 264 Å². The van der Waals surface area contributed by atoms with Crippen LogP contribution in [0.2, 0.25) is 0 Å². The minimum atomic E-state index is -0.801. The summed E-state index contributed by atoms with van der Waals surface area (Å²) in [5, 5.41) is 0. The van der Waals surface area contributed by atoms with Crippen molar-refractivity contribution >= 4 is 17.9 Å². The normalized spacial score (nSPS) is 12.6. The van der Waals surface area contributed by atoms with E-state index in [1.807, 2.05) is 0 Å². The van der Waals surface area contributed by atoms with E-state index in [4.69, 9.17) is 14.2 Å². The van der Waals surface area contributed by atoms with Crippen LogP contribution in [0.15, 0.2) is 72.9 Å². The SMILES string of the molecule is CC/C=C\C/C=C\C/C=C\C/C=C\CCCCC(=O)O[C@H](COC(=O)CCCCCCC/C=C\C/C=C\CCCCC)COC(=O)CCCCCCCCCCCCCCCCCC. The van der Waals surface area contributed by atoms with Gasteiger partial charge in [0.2, 0.25) is 0 Å². The second kappa shape index (κ2) is 52.5. The Balaban J connectivity index is 4.45. The first-order chi connectivity index (χ1) is 31.5. The van der Waals surface area contributed by atoms with Crippen molar-refractivity contribution in [1.29, 1.82) is 0 Å². The van der Waals surface area contributed by atoms with Gasteiger partial charge in [0.15, 0.2) is 6.10 Å². The lowest BCUT2D eigenvalue weighted by atomic mass is 10.0. The molecule has 0 unspecified atom stereocenters. The van der Waals surface area contributed by atoms with Gasteiger partial charge < -0.3 is 14.2 Å². The fourth-order valence-corrected chi connectivity index (χ4v) is 7.40. The Morgan fingerprint density at radius 2 is 0.609 bits per heavy atom. The van der Waals surface area contributed by atoms with E-state index in [0.29, 0.717) is 19.3 Å². The van der Waals surface area contributed by atoms with Crippen molar-refractivity contribution < 1.29 is 28.6 Å². The van der Waals surface area contributed by atoms with Gasteiger partial charge in [-0.3, -0.25) is 14.4 Å². The molecule has 0 aromatic heterocycles. The lowest BCUT2D eigenvalue weighted by molar-refractivity contribution is -0.167. The topological polar surface area (TPSA) is 78.9 Å². The quantitative estimate of drug-likeness (QED) is 0.0262. The molecule has 0 aliphatic heterocycles. The number of hydrogen-bond acceptors (Lipinski definition) is 6. The van der Waals surface area contributed by atoms with Crippen molar-refractivity contribution in [3.8, 4) is 0 Å². The van der Waals surface area contributed by atoms with Gasteiger partial charge >= 0.3 is 17.9 Å². The highest BCUT2D eigenvalue weighted by atomic mass is 16.6. The Bertz CT molecular complexity index is 1210. The Hall–Kier alpha value is -3.15. The summed E-state index contributed by atoms with van der Waals surface area (Å²) in [6.45, 7) is 6.46. The largest absolute Gasteiger partial charge is 0.462 e. The number of unbranched alkanes of at least 4 members (excludes halogenated alkanes) is 25. The predicted molar refractivity (Wildman–Crippen MR) is 274 cm³/mol. The van der Waals surface area contributed by atoms with Gasteiger partial charge in [-0.1, -0.05) is 222 Å². The molecule has 0 aliphatic rings. The van der Waals surface area contributed by atoms with Gasteiger partial charge in [-0.15, -0.1) is 0 Å². The van der Waals surface area contributed by atoms with Crippen molar-refractivity contribution in [3.05, 3.63) is 72.9 Å². The van der Waals surface area contributed by atoms with Crippen molar-refractivity contribution in [2.75, 3.05) is 13.2 Å². The number of ether oxygens (including phenoxy) is 3. The fraction of sp³-hybridized carbons (Fsp3) is 0.741. The number of esters is 3. The summed E-state index contributed by atoms with van der Waals surface area (Å²) in [5.74, 6) is -0.946. The molecule has 0 rings (SSSR count).